The van der Waals surface area contributed by atoms with Crippen LogP contribution in [0.1, 0.15) is 38.8 Å². The average molecular weight is 354 g/mol. The van der Waals surface area contributed by atoms with Crippen molar-refractivity contribution in [2.24, 2.45) is 0 Å². The molecule has 5 heteroatoms. The van der Waals surface area contributed by atoms with Gasteiger partial charge >= 0.3 is 0 Å². The van der Waals surface area contributed by atoms with E-state index in [1.807, 2.05) is 0 Å². The maximum atomic E-state index is 11.2. The lowest BCUT2D eigenvalue weighted by Gasteiger charge is -2.25. The molecular formula is C16H24BrN3O. The number of anilines is 1. The molecule has 0 bridgehead atoms. The van der Waals surface area contributed by atoms with Gasteiger partial charge in [0.1, 0.15) is 0 Å². The van der Waals surface area contributed by atoms with Crippen LogP contribution in [0.15, 0.2) is 22.7 Å². The maximum absolute atomic E-state index is 11.2. The summed E-state index contributed by atoms with van der Waals surface area (Å²) in [5.74, 6) is 0.0545. The number of halogens is 1. The molecule has 1 heterocycles. The molecule has 1 aliphatic heterocycles. The molecule has 2 atom stereocenters. The highest BCUT2D eigenvalue weighted by Gasteiger charge is 2.25. The summed E-state index contributed by atoms with van der Waals surface area (Å²) in [6.07, 6.45) is 1.00. The van der Waals surface area contributed by atoms with Crippen LogP contribution in [0.25, 0.3) is 0 Å². The Bertz CT molecular complexity index is 506. The summed E-state index contributed by atoms with van der Waals surface area (Å²) in [5.41, 5.74) is 2.56. The van der Waals surface area contributed by atoms with E-state index in [4.69, 9.17) is 0 Å². The van der Waals surface area contributed by atoms with Crippen LogP contribution in [0.4, 0.5) is 5.69 Å². The Hall–Kier alpha value is -1.07. The predicted octanol–water partition coefficient (Wildman–Crippen LogP) is 2.83. The third-order valence-corrected chi connectivity index (χ3v) is 4.40. The third kappa shape index (κ3) is 4.20. The fraction of sp³-hybridized carbons (Fsp3) is 0.562. The van der Waals surface area contributed by atoms with Gasteiger partial charge in [-0.3, -0.25) is 4.79 Å². The highest BCUT2D eigenvalue weighted by atomic mass is 79.9. The summed E-state index contributed by atoms with van der Waals surface area (Å²) in [4.78, 5) is 13.6. The molecule has 2 unspecified atom stereocenters. The zero-order valence-electron chi connectivity index (χ0n) is 12.9. The first kappa shape index (κ1) is 16.3. The SMILES string of the molecule is CCNC(C)c1cc(Br)ccc1N1CCC(NC(C)=O)C1. The smallest absolute Gasteiger partial charge is 0.217 e. The van der Waals surface area contributed by atoms with Gasteiger partial charge in [0.25, 0.3) is 0 Å². The van der Waals surface area contributed by atoms with Crippen LogP contribution in [0, 0.1) is 0 Å². The van der Waals surface area contributed by atoms with E-state index in [0.29, 0.717) is 6.04 Å². The van der Waals surface area contributed by atoms with Crippen molar-refractivity contribution < 1.29 is 4.79 Å². The molecule has 1 aromatic carbocycles. The molecule has 1 amide bonds. The Morgan fingerprint density at radius 3 is 2.95 bits per heavy atom. The summed E-state index contributed by atoms with van der Waals surface area (Å²) in [5, 5.41) is 6.50. The summed E-state index contributed by atoms with van der Waals surface area (Å²) in [7, 11) is 0. The van der Waals surface area contributed by atoms with Gasteiger partial charge < -0.3 is 15.5 Å². The van der Waals surface area contributed by atoms with Gasteiger partial charge in [0.05, 0.1) is 0 Å². The predicted molar refractivity (Wildman–Crippen MR) is 90.7 cm³/mol. The quantitative estimate of drug-likeness (QED) is 0.855. The normalized spacial score (nSPS) is 19.6. The fourth-order valence-corrected chi connectivity index (χ4v) is 3.34. The van der Waals surface area contributed by atoms with E-state index in [2.05, 4.69) is 63.5 Å². The molecule has 2 N–H and O–H groups in total. The number of carbonyl (C=O) groups excluding carboxylic acids is 1. The van der Waals surface area contributed by atoms with Crippen LogP contribution in [0.3, 0.4) is 0 Å². The molecule has 0 aromatic heterocycles. The largest absolute Gasteiger partial charge is 0.369 e. The summed E-state index contributed by atoms with van der Waals surface area (Å²) < 4.78 is 1.10. The lowest BCUT2D eigenvalue weighted by atomic mass is 10.1. The van der Waals surface area contributed by atoms with Gasteiger partial charge in [0.15, 0.2) is 0 Å². The fourth-order valence-electron chi connectivity index (χ4n) is 2.96. The summed E-state index contributed by atoms with van der Waals surface area (Å²) >= 11 is 3.57. The lowest BCUT2D eigenvalue weighted by Crippen LogP contribution is -2.35. The van der Waals surface area contributed by atoms with Crippen molar-refractivity contribution in [2.75, 3.05) is 24.5 Å². The molecule has 21 heavy (non-hydrogen) atoms. The maximum Gasteiger partial charge on any atom is 0.217 e. The van der Waals surface area contributed by atoms with Gasteiger partial charge in [-0.25, -0.2) is 0 Å². The number of nitrogens with one attached hydrogen (secondary N) is 2. The minimum atomic E-state index is 0.0545. The Morgan fingerprint density at radius 2 is 2.29 bits per heavy atom. The van der Waals surface area contributed by atoms with Crippen molar-refractivity contribution in [3.05, 3.63) is 28.2 Å². The number of benzene rings is 1. The molecule has 4 nitrogen and oxygen atoms in total. The number of carbonyl (C=O) groups is 1. The van der Waals surface area contributed by atoms with E-state index < -0.39 is 0 Å². The van der Waals surface area contributed by atoms with E-state index in [1.165, 1.54) is 11.3 Å². The Morgan fingerprint density at radius 1 is 1.52 bits per heavy atom. The van der Waals surface area contributed by atoms with Crippen LogP contribution < -0.4 is 15.5 Å². The van der Waals surface area contributed by atoms with E-state index >= 15 is 0 Å². The highest BCUT2D eigenvalue weighted by Crippen LogP contribution is 2.31. The summed E-state index contributed by atoms with van der Waals surface area (Å²) in [6, 6.07) is 7.01. The first-order chi connectivity index (χ1) is 10.0. The number of hydrogen-bond donors (Lipinski definition) is 2. The van der Waals surface area contributed by atoms with E-state index in [0.717, 1.165) is 30.5 Å². The Kier molecular flexibility index (Phi) is 5.65. The van der Waals surface area contributed by atoms with E-state index in [1.54, 1.807) is 6.92 Å². The second-order valence-corrected chi connectivity index (χ2v) is 6.53. The van der Waals surface area contributed by atoms with Crippen molar-refractivity contribution in [2.45, 2.75) is 39.3 Å². The highest BCUT2D eigenvalue weighted by molar-refractivity contribution is 9.10. The molecule has 1 fully saturated rings. The summed E-state index contributed by atoms with van der Waals surface area (Å²) in [6.45, 7) is 8.71. The van der Waals surface area contributed by atoms with Crippen molar-refractivity contribution in [1.29, 1.82) is 0 Å². The number of nitrogens with zero attached hydrogens (tertiary/aromatic N) is 1. The van der Waals surface area contributed by atoms with Crippen molar-refractivity contribution in [3.63, 3.8) is 0 Å². The van der Waals surface area contributed by atoms with Gasteiger partial charge in [-0.15, -0.1) is 0 Å². The van der Waals surface area contributed by atoms with E-state index in [9.17, 15) is 4.79 Å². The molecular weight excluding hydrogens is 330 g/mol. The molecule has 2 rings (SSSR count). The lowest BCUT2D eigenvalue weighted by molar-refractivity contribution is -0.119. The zero-order valence-corrected chi connectivity index (χ0v) is 14.5. The van der Waals surface area contributed by atoms with Crippen molar-refractivity contribution in [1.82, 2.24) is 10.6 Å². The van der Waals surface area contributed by atoms with Gasteiger partial charge in [0.2, 0.25) is 5.91 Å². The first-order valence-corrected chi connectivity index (χ1v) is 8.35. The number of rotatable bonds is 5. The third-order valence-electron chi connectivity index (χ3n) is 3.90. The molecule has 0 spiro atoms. The molecule has 1 saturated heterocycles. The van der Waals surface area contributed by atoms with Crippen LogP contribution >= 0.6 is 15.9 Å². The molecule has 116 valence electrons. The van der Waals surface area contributed by atoms with Crippen LogP contribution in [0.2, 0.25) is 0 Å². The topological polar surface area (TPSA) is 44.4 Å². The average Bonchev–Trinajstić information content (AvgIpc) is 2.86. The van der Waals surface area contributed by atoms with Gasteiger partial charge in [-0.1, -0.05) is 22.9 Å². The molecule has 0 radical (unpaired) electrons. The monoisotopic (exact) mass is 353 g/mol. The van der Waals surface area contributed by atoms with Gasteiger partial charge in [0, 0.05) is 42.3 Å². The zero-order chi connectivity index (χ0) is 15.4. The Balaban J connectivity index is 2.18. The second-order valence-electron chi connectivity index (χ2n) is 5.61. The molecule has 1 aliphatic rings. The van der Waals surface area contributed by atoms with Gasteiger partial charge in [-0.05, 0) is 43.7 Å². The second kappa shape index (κ2) is 7.27. The van der Waals surface area contributed by atoms with Crippen LogP contribution in [-0.4, -0.2) is 31.6 Å². The molecule has 0 saturated carbocycles. The van der Waals surface area contributed by atoms with Gasteiger partial charge in [-0.2, -0.15) is 0 Å². The van der Waals surface area contributed by atoms with E-state index in [-0.39, 0.29) is 11.9 Å². The van der Waals surface area contributed by atoms with Crippen LogP contribution in [0.5, 0.6) is 0 Å². The first-order valence-electron chi connectivity index (χ1n) is 7.56. The van der Waals surface area contributed by atoms with Crippen LogP contribution in [-0.2, 0) is 4.79 Å². The number of amides is 1. The van der Waals surface area contributed by atoms with Crippen molar-refractivity contribution in [3.8, 4) is 0 Å². The molecule has 1 aromatic rings. The minimum Gasteiger partial charge on any atom is -0.369 e. The number of hydrogen-bond acceptors (Lipinski definition) is 3. The molecule has 0 aliphatic carbocycles. The Labute approximate surface area is 135 Å². The standard InChI is InChI=1S/C16H24BrN3O/c1-4-18-11(2)15-9-13(17)5-6-16(15)20-8-7-14(10-20)19-12(3)21/h5-6,9,11,14,18H,4,7-8,10H2,1-3H3,(H,19,21). The minimum absolute atomic E-state index is 0.0545. The van der Waals surface area contributed by atoms with Crippen molar-refractivity contribution >= 4 is 27.5 Å².